The van der Waals surface area contributed by atoms with E-state index in [1.165, 1.54) is 24.8 Å². The molecule has 4 aliphatic rings. The Morgan fingerprint density at radius 1 is 1.25 bits per heavy atom. The highest BCUT2D eigenvalue weighted by atomic mass is 16.3. The standard InChI is InChI=1S/C25H37NO2/c1-5-17-21-14-16(27)8-11-25(21,4)20-9-12-24(3)18(15(2)10-13-26)6-7-19(24)22(20)23(17)28/h14-15,17-20,22-23,28H,5-12H2,1-4H3/t15-,17+,18?,19?,20?,22?,23-,24-,25-/m1/s1. The third-order valence-electron chi connectivity index (χ3n) is 9.84. The van der Waals surface area contributed by atoms with Crippen molar-refractivity contribution in [1.29, 1.82) is 5.26 Å². The Labute approximate surface area is 170 Å². The van der Waals surface area contributed by atoms with E-state index in [4.69, 9.17) is 0 Å². The molecule has 0 amide bonds. The van der Waals surface area contributed by atoms with Gasteiger partial charge in [-0.3, -0.25) is 4.79 Å². The summed E-state index contributed by atoms with van der Waals surface area (Å²) in [5.74, 6) is 2.82. The van der Waals surface area contributed by atoms with Gasteiger partial charge >= 0.3 is 0 Å². The number of nitrogens with zero attached hydrogens (tertiary/aromatic N) is 1. The van der Waals surface area contributed by atoms with Crippen LogP contribution >= 0.6 is 0 Å². The van der Waals surface area contributed by atoms with Gasteiger partial charge in [0.15, 0.2) is 5.78 Å². The molecule has 0 aliphatic heterocycles. The topological polar surface area (TPSA) is 61.1 Å². The molecule has 0 heterocycles. The smallest absolute Gasteiger partial charge is 0.155 e. The van der Waals surface area contributed by atoms with E-state index >= 15 is 0 Å². The molecule has 0 aromatic rings. The van der Waals surface area contributed by atoms with E-state index in [0.717, 1.165) is 19.3 Å². The Hall–Kier alpha value is -1.14. The summed E-state index contributed by atoms with van der Waals surface area (Å²) in [5, 5.41) is 20.8. The van der Waals surface area contributed by atoms with Crippen LogP contribution in [0.4, 0.5) is 0 Å². The van der Waals surface area contributed by atoms with Gasteiger partial charge in [0.1, 0.15) is 0 Å². The Morgan fingerprint density at radius 3 is 2.68 bits per heavy atom. The molecule has 0 aromatic carbocycles. The van der Waals surface area contributed by atoms with Crippen LogP contribution in [0.15, 0.2) is 11.6 Å². The van der Waals surface area contributed by atoms with Crippen molar-refractivity contribution in [1.82, 2.24) is 0 Å². The second kappa shape index (κ2) is 6.98. The molecule has 0 bridgehead atoms. The predicted octanol–water partition coefficient (Wildman–Crippen LogP) is 5.29. The van der Waals surface area contributed by atoms with Crippen molar-refractivity contribution in [3.63, 3.8) is 0 Å². The minimum atomic E-state index is -0.324. The molecular weight excluding hydrogens is 346 g/mol. The third-order valence-corrected chi connectivity index (χ3v) is 9.84. The lowest BCUT2D eigenvalue weighted by Crippen LogP contribution is -2.58. The minimum absolute atomic E-state index is 0.0795. The summed E-state index contributed by atoms with van der Waals surface area (Å²) in [6.45, 7) is 9.29. The van der Waals surface area contributed by atoms with Crippen molar-refractivity contribution in [3.8, 4) is 6.07 Å². The molecule has 9 atom stereocenters. The Kier molecular flexibility index (Phi) is 5.02. The number of aliphatic hydroxyl groups excluding tert-OH is 1. The molecule has 1 N–H and O–H groups in total. The van der Waals surface area contributed by atoms with E-state index in [0.29, 0.717) is 42.4 Å². The van der Waals surface area contributed by atoms with Crippen molar-refractivity contribution < 1.29 is 9.90 Å². The van der Waals surface area contributed by atoms with Gasteiger partial charge in [0.2, 0.25) is 0 Å². The van der Waals surface area contributed by atoms with Crippen LogP contribution in [0.3, 0.4) is 0 Å². The number of carbonyl (C=O) groups excluding carboxylic acids is 1. The van der Waals surface area contributed by atoms with E-state index in [2.05, 4.69) is 33.8 Å². The molecule has 4 unspecified atom stereocenters. The first-order valence-electron chi connectivity index (χ1n) is 11.6. The number of rotatable bonds is 3. The fourth-order valence-corrected chi connectivity index (χ4v) is 8.46. The molecule has 154 valence electrons. The first kappa shape index (κ1) is 20.1. The first-order valence-corrected chi connectivity index (χ1v) is 11.6. The molecule has 4 aliphatic carbocycles. The number of fused-ring (bicyclic) bond motifs is 5. The Bertz CT molecular complexity index is 721. The van der Waals surface area contributed by atoms with E-state index in [-0.39, 0.29) is 28.6 Å². The molecule has 3 nitrogen and oxygen atoms in total. The summed E-state index contributed by atoms with van der Waals surface area (Å²) in [6.07, 6.45) is 9.54. The number of aliphatic hydroxyl groups is 1. The SMILES string of the molecule is CC[C@H]1C2=CC(=O)CC[C@]2(C)C2CC[C@@]3(C)C(CCC3[C@H](C)CC#N)C2[C@@H]1O. The van der Waals surface area contributed by atoms with Crippen LogP contribution in [0.25, 0.3) is 0 Å². The van der Waals surface area contributed by atoms with Gasteiger partial charge in [-0.15, -0.1) is 0 Å². The van der Waals surface area contributed by atoms with E-state index in [1.54, 1.807) is 0 Å². The number of carbonyl (C=O) groups is 1. The Morgan fingerprint density at radius 2 is 2.00 bits per heavy atom. The number of hydrogen-bond donors (Lipinski definition) is 1. The fraction of sp³-hybridized carbons (Fsp3) is 0.840. The zero-order valence-corrected chi connectivity index (χ0v) is 18.1. The van der Waals surface area contributed by atoms with Gasteiger partial charge in [0.05, 0.1) is 12.2 Å². The highest BCUT2D eigenvalue weighted by Gasteiger charge is 2.63. The summed E-state index contributed by atoms with van der Waals surface area (Å²) in [6, 6.07) is 2.40. The summed E-state index contributed by atoms with van der Waals surface area (Å²) in [7, 11) is 0. The zero-order valence-electron chi connectivity index (χ0n) is 18.1. The third kappa shape index (κ3) is 2.67. The quantitative estimate of drug-likeness (QED) is 0.720. The maximum atomic E-state index is 12.2. The second-order valence-electron chi connectivity index (χ2n) is 10.8. The molecule has 0 spiro atoms. The van der Waals surface area contributed by atoms with Gasteiger partial charge in [-0.2, -0.15) is 5.26 Å². The lowest BCUT2D eigenvalue weighted by molar-refractivity contribution is -0.136. The molecule has 3 fully saturated rings. The summed E-state index contributed by atoms with van der Waals surface area (Å²) in [5.41, 5.74) is 1.59. The highest BCUT2D eigenvalue weighted by molar-refractivity contribution is 5.91. The average molecular weight is 384 g/mol. The van der Waals surface area contributed by atoms with Gasteiger partial charge < -0.3 is 5.11 Å². The van der Waals surface area contributed by atoms with Crippen molar-refractivity contribution in [2.24, 2.45) is 46.3 Å². The van der Waals surface area contributed by atoms with E-state index < -0.39 is 0 Å². The van der Waals surface area contributed by atoms with E-state index in [1.807, 2.05) is 6.08 Å². The van der Waals surface area contributed by atoms with Crippen LogP contribution in [0.1, 0.15) is 79.1 Å². The molecule has 0 radical (unpaired) electrons. The second-order valence-corrected chi connectivity index (χ2v) is 10.8. The molecule has 0 aromatic heterocycles. The van der Waals surface area contributed by atoms with Crippen LogP contribution in [0, 0.1) is 57.7 Å². The number of hydrogen-bond acceptors (Lipinski definition) is 3. The molecule has 28 heavy (non-hydrogen) atoms. The summed E-state index contributed by atoms with van der Waals surface area (Å²) < 4.78 is 0. The minimum Gasteiger partial charge on any atom is -0.392 e. The fourth-order valence-electron chi connectivity index (χ4n) is 8.46. The average Bonchev–Trinajstić information content (AvgIpc) is 3.01. The van der Waals surface area contributed by atoms with Gasteiger partial charge in [-0.1, -0.05) is 33.3 Å². The van der Waals surface area contributed by atoms with Crippen LogP contribution in [0.2, 0.25) is 0 Å². The zero-order chi connectivity index (χ0) is 20.3. The van der Waals surface area contributed by atoms with Gasteiger partial charge in [0, 0.05) is 18.8 Å². The van der Waals surface area contributed by atoms with Crippen LogP contribution in [-0.4, -0.2) is 17.0 Å². The molecule has 3 heteroatoms. The molecule has 4 rings (SSSR count). The molecule has 0 saturated heterocycles. The monoisotopic (exact) mass is 383 g/mol. The van der Waals surface area contributed by atoms with Gasteiger partial charge in [-0.25, -0.2) is 0 Å². The van der Waals surface area contributed by atoms with Crippen molar-refractivity contribution in [2.75, 3.05) is 0 Å². The number of ketones is 1. The highest BCUT2D eigenvalue weighted by Crippen LogP contribution is 2.68. The summed E-state index contributed by atoms with van der Waals surface area (Å²) in [4.78, 5) is 12.2. The number of nitriles is 1. The largest absolute Gasteiger partial charge is 0.392 e. The van der Waals surface area contributed by atoms with Crippen molar-refractivity contribution in [2.45, 2.75) is 85.2 Å². The lowest BCUT2D eigenvalue weighted by atomic mass is 9.43. The molecule has 3 saturated carbocycles. The van der Waals surface area contributed by atoms with Crippen molar-refractivity contribution >= 4 is 5.78 Å². The van der Waals surface area contributed by atoms with Gasteiger partial charge in [-0.05, 0) is 85.0 Å². The van der Waals surface area contributed by atoms with Crippen molar-refractivity contribution in [3.05, 3.63) is 11.6 Å². The van der Waals surface area contributed by atoms with E-state index in [9.17, 15) is 15.2 Å². The Balaban J connectivity index is 1.72. The summed E-state index contributed by atoms with van der Waals surface area (Å²) >= 11 is 0. The van der Waals surface area contributed by atoms with Crippen LogP contribution in [0.5, 0.6) is 0 Å². The maximum Gasteiger partial charge on any atom is 0.155 e. The predicted molar refractivity (Wildman–Crippen MR) is 110 cm³/mol. The lowest BCUT2D eigenvalue weighted by Gasteiger charge is -2.61. The normalized spacial score (nSPS) is 48.7. The van der Waals surface area contributed by atoms with Crippen LogP contribution in [-0.2, 0) is 4.79 Å². The molecular formula is C25H37NO2. The maximum absolute atomic E-state index is 12.2. The van der Waals surface area contributed by atoms with Gasteiger partial charge in [0.25, 0.3) is 0 Å². The first-order chi connectivity index (χ1) is 13.3. The van der Waals surface area contributed by atoms with Crippen LogP contribution < -0.4 is 0 Å².